The van der Waals surface area contributed by atoms with Gasteiger partial charge in [-0.1, -0.05) is 17.7 Å². The largest absolute Gasteiger partial charge is 0.394 e. The van der Waals surface area contributed by atoms with Crippen LogP contribution in [0, 0.1) is 13.8 Å². The van der Waals surface area contributed by atoms with Gasteiger partial charge in [-0.15, -0.1) is 0 Å². The molecule has 0 unspecified atom stereocenters. The summed E-state index contributed by atoms with van der Waals surface area (Å²) in [5.41, 5.74) is 12.1. The summed E-state index contributed by atoms with van der Waals surface area (Å²) < 4.78 is 2.06. The van der Waals surface area contributed by atoms with Crippen LogP contribution in [0.4, 0.5) is 17.2 Å². The molecular weight excluding hydrogens is 260 g/mol. The Morgan fingerprint density at radius 2 is 2.00 bits per heavy atom. The van der Waals surface area contributed by atoms with Gasteiger partial charge in [-0.05, 0) is 52.2 Å². The van der Waals surface area contributed by atoms with Crippen molar-refractivity contribution in [2.75, 3.05) is 17.2 Å². The molecule has 1 aliphatic rings. The molecule has 21 heavy (non-hydrogen) atoms. The Labute approximate surface area is 126 Å². The van der Waals surface area contributed by atoms with Gasteiger partial charge < -0.3 is 10.6 Å². The summed E-state index contributed by atoms with van der Waals surface area (Å²) >= 11 is 0. The maximum Gasteiger partial charge on any atom is 0.155 e. The Balaban J connectivity index is 2.15. The molecule has 2 heterocycles. The van der Waals surface area contributed by atoms with Crippen LogP contribution < -0.4 is 10.6 Å². The molecule has 3 rings (SSSR count). The summed E-state index contributed by atoms with van der Waals surface area (Å²) in [6.45, 7) is 9.43. The number of hydrogen-bond donors (Lipinski definition) is 1. The van der Waals surface area contributed by atoms with E-state index in [1.54, 1.807) is 0 Å². The van der Waals surface area contributed by atoms with Gasteiger partial charge in [0.1, 0.15) is 0 Å². The number of aromatic nitrogens is 2. The van der Waals surface area contributed by atoms with Crippen molar-refractivity contribution in [1.29, 1.82) is 0 Å². The van der Waals surface area contributed by atoms with Crippen molar-refractivity contribution >= 4 is 17.2 Å². The van der Waals surface area contributed by atoms with Gasteiger partial charge in [-0.25, -0.2) is 4.68 Å². The third-order valence-corrected chi connectivity index (χ3v) is 4.20. The molecule has 0 saturated heterocycles. The maximum atomic E-state index is 6.33. The molecule has 0 atom stereocenters. The molecule has 0 aliphatic carbocycles. The Morgan fingerprint density at radius 3 is 2.71 bits per heavy atom. The van der Waals surface area contributed by atoms with Crippen LogP contribution in [-0.2, 0) is 6.42 Å². The second-order valence-electron chi connectivity index (χ2n) is 6.25. The van der Waals surface area contributed by atoms with E-state index in [0.29, 0.717) is 6.04 Å². The van der Waals surface area contributed by atoms with Crippen molar-refractivity contribution in [2.45, 2.75) is 46.6 Å². The third kappa shape index (κ3) is 2.28. The molecule has 0 bridgehead atoms. The highest BCUT2D eigenvalue weighted by Crippen LogP contribution is 2.39. The zero-order chi connectivity index (χ0) is 15.1. The smallest absolute Gasteiger partial charge is 0.155 e. The molecule has 0 radical (unpaired) electrons. The number of nitrogens with zero attached hydrogens (tertiary/aromatic N) is 3. The van der Waals surface area contributed by atoms with E-state index in [1.165, 1.54) is 16.8 Å². The summed E-state index contributed by atoms with van der Waals surface area (Å²) in [5, 5.41) is 4.63. The summed E-state index contributed by atoms with van der Waals surface area (Å²) in [6, 6.07) is 6.99. The zero-order valence-corrected chi connectivity index (χ0v) is 13.3. The monoisotopic (exact) mass is 284 g/mol. The van der Waals surface area contributed by atoms with Gasteiger partial charge in [0.05, 0.1) is 11.4 Å². The first-order valence-electron chi connectivity index (χ1n) is 7.70. The molecule has 0 fully saturated rings. The molecule has 4 nitrogen and oxygen atoms in total. The fourth-order valence-corrected chi connectivity index (χ4v) is 3.12. The Hall–Kier alpha value is -1.97. The van der Waals surface area contributed by atoms with Crippen molar-refractivity contribution in [3.63, 3.8) is 0 Å². The topological polar surface area (TPSA) is 47.1 Å². The quantitative estimate of drug-likeness (QED) is 0.913. The number of nitrogens with two attached hydrogens (primary N) is 1. The molecule has 4 heteroatoms. The minimum Gasteiger partial charge on any atom is -0.394 e. The summed E-state index contributed by atoms with van der Waals surface area (Å²) in [7, 11) is 0. The van der Waals surface area contributed by atoms with Crippen molar-refractivity contribution < 1.29 is 0 Å². The molecule has 1 aliphatic heterocycles. The lowest BCUT2D eigenvalue weighted by atomic mass is 9.99. The molecule has 112 valence electrons. The lowest BCUT2D eigenvalue weighted by molar-refractivity contribution is 0.526. The van der Waals surface area contributed by atoms with Gasteiger partial charge in [-0.3, -0.25) is 0 Å². The third-order valence-electron chi connectivity index (χ3n) is 4.20. The van der Waals surface area contributed by atoms with Crippen LogP contribution >= 0.6 is 0 Å². The van der Waals surface area contributed by atoms with Crippen LogP contribution in [0.3, 0.4) is 0 Å². The van der Waals surface area contributed by atoms with Gasteiger partial charge in [0.15, 0.2) is 5.82 Å². The van der Waals surface area contributed by atoms with Crippen LogP contribution in [0.2, 0.25) is 0 Å². The molecule has 2 aromatic rings. The molecule has 1 aromatic carbocycles. The maximum absolute atomic E-state index is 6.33. The highest BCUT2D eigenvalue weighted by molar-refractivity contribution is 5.76. The number of hydrogen-bond acceptors (Lipinski definition) is 3. The van der Waals surface area contributed by atoms with Crippen molar-refractivity contribution in [3.8, 4) is 0 Å². The normalized spacial score (nSPS) is 14.6. The first kappa shape index (κ1) is 14.0. The number of benzene rings is 1. The molecular formula is C17H24N4. The van der Waals surface area contributed by atoms with E-state index in [-0.39, 0.29) is 0 Å². The highest BCUT2D eigenvalue weighted by atomic mass is 15.4. The van der Waals surface area contributed by atoms with Gasteiger partial charge in [0, 0.05) is 18.3 Å². The minimum absolute atomic E-state index is 0.298. The van der Waals surface area contributed by atoms with Crippen LogP contribution in [0.15, 0.2) is 18.2 Å². The van der Waals surface area contributed by atoms with E-state index in [9.17, 15) is 0 Å². The first-order chi connectivity index (χ1) is 9.99. The minimum atomic E-state index is 0.298. The van der Waals surface area contributed by atoms with E-state index in [2.05, 4.69) is 53.7 Å². The molecule has 2 N–H and O–H groups in total. The van der Waals surface area contributed by atoms with Crippen LogP contribution in [0.25, 0.3) is 0 Å². The van der Waals surface area contributed by atoms with E-state index < -0.39 is 0 Å². The van der Waals surface area contributed by atoms with E-state index >= 15 is 0 Å². The molecule has 1 aromatic heterocycles. The summed E-state index contributed by atoms with van der Waals surface area (Å²) in [4.78, 5) is 2.34. The second-order valence-corrected chi connectivity index (χ2v) is 6.25. The van der Waals surface area contributed by atoms with Gasteiger partial charge in [-0.2, -0.15) is 5.10 Å². The van der Waals surface area contributed by atoms with Crippen LogP contribution in [-0.4, -0.2) is 16.3 Å². The average molecular weight is 284 g/mol. The standard InChI is InChI=1S/C17H24N4/c1-11(2)21-17(16(18)13(4)19-21)20-9-5-6-14-10-12(3)7-8-15(14)20/h7-8,10-11H,5-6,9,18H2,1-4H3. The van der Waals surface area contributed by atoms with Crippen molar-refractivity contribution in [2.24, 2.45) is 0 Å². The van der Waals surface area contributed by atoms with Crippen LogP contribution in [0.5, 0.6) is 0 Å². The van der Waals surface area contributed by atoms with Gasteiger partial charge >= 0.3 is 0 Å². The fraction of sp³-hybridized carbons (Fsp3) is 0.471. The molecule has 0 amide bonds. The Morgan fingerprint density at radius 1 is 1.24 bits per heavy atom. The number of nitrogen functional groups attached to an aromatic ring is 1. The molecule has 0 saturated carbocycles. The van der Waals surface area contributed by atoms with E-state index in [0.717, 1.165) is 36.6 Å². The predicted octanol–water partition coefficient (Wildman–Crippen LogP) is 3.75. The van der Waals surface area contributed by atoms with Gasteiger partial charge in [0.25, 0.3) is 0 Å². The lowest BCUT2D eigenvalue weighted by Crippen LogP contribution is -2.28. The van der Waals surface area contributed by atoms with Gasteiger partial charge in [0.2, 0.25) is 0 Å². The first-order valence-corrected chi connectivity index (χ1v) is 7.70. The number of rotatable bonds is 2. The number of fused-ring (bicyclic) bond motifs is 1. The highest BCUT2D eigenvalue weighted by Gasteiger charge is 2.25. The van der Waals surface area contributed by atoms with E-state index in [4.69, 9.17) is 5.73 Å². The molecule has 0 spiro atoms. The zero-order valence-electron chi connectivity index (χ0n) is 13.3. The Kier molecular flexibility index (Phi) is 3.40. The predicted molar refractivity (Wildman–Crippen MR) is 88.3 cm³/mol. The second kappa shape index (κ2) is 5.10. The van der Waals surface area contributed by atoms with Crippen LogP contribution in [0.1, 0.15) is 43.1 Å². The fourth-order valence-electron chi connectivity index (χ4n) is 3.12. The average Bonchev–Trinajstić information content (AvgIpc) is 2.74. The SMILES string of the molecule is Cc1ccc2c(c1)CCCN2c1c(N)c(C)nn1C(C)C. The Bertz CT molecular complexity index is 670. The van der Waals surface area contributed by atoms with E-state index in [1.807, 2.05) is 6.92 Å². The van der Waals surface area contributed by atoms with Crippen molar-refractivity contribution in [1.82, 2.24) is 9.78 Å². The number of aryl methyl sites for hydroxylation is 3. The summed E-state index contributed by atoms with van der Waals surface area (Å²) in [5.74, 6) is 1.05. The number of anilines is 3. The lowest BCUT2D eigenvalue weighted by Gasteiger charge is -2.32. The summed E-state index contributed by atoms with van der Waals surface area (Å²) in [6.07, 6.45) is 2.29. The van der Waals surface area contributed by atoms with Crippen molar-refractivity contribution in [3.05, 3.63) is 35.0 Å².